The monoisotopic (exact) mass is 309 g/mol. The molecule has 0 spiro atoms. The number of nitrogens with two attached hydrogens (primary N) is 1. The Kier molecular flexibility index (Phi) is 2.90. The number of phenolic OH excluding ortho intramolecular Hbond substituents is 1. The van der Waals surface area contributed by atoms with Crippen molar-refractivity contribution >= 4 is 15.9 Å². The molecule has 0 radical (unpaired) electrons. The lowest BCUT2D eigenvalue weighted by Gasteiger charge is -2.15. The van der Waals surface area contributed by atoms with Crippen LogP contribution in [0.1, 0.15) is 24.0 Å². The largest absolute Gasteiger partial charge is 0.508 e. The Balaban J connectivity index is 2.35. The summed E-state index contributed by atoms with van der Waals surface area (Å²) in [5, 5.41) is 9.64. The lowest BCUT2D eigenvalue weighted by atomic mass is 10.0. The maximum Gasteiger partial charge on any atom is 0.416 e. The summed E-state index contributed by atoms with van der Waals surface area (Å²) >= 11 is 3.06. The van der Waals surface area contributed by atoms with Crippen LogP contribution in [0.4, 0.5) is 13.2 Å². The number of rotatable bonds is 2. The van der Waals surface area contributed by atoms with Gasteiger partial charge in [-0.15, -0.1) is 0 Å². The van der Waals surface area contributed by atoms with Crippen LogP contribution in [-0.4, -0.2) is 10.6 Å². The third-order valence-corrected chi connectivity index (χ3v) is 3.63. The van der Waals surface area contributed by atoms with E-state index >= 15 is 0 Å². The molecule has 2 rings (SSSR count). The highest BCUT2D eigenvalue weighted by molar-refractivity contribution is 9.10. The minimum Gasteiger partial charge on any atom is -0.508 e. The van der Waals surface area contributed by atoms with E-state index in [1.54, 1.807) is 0 Å². The first-order chi connectivity index (χ1) is 7.71. The number of benzene rings is 1. The van der Waals surface area contributed by atoms with E-state index in [9.17, 15) is 18.3 Å². The van der Waals surface area contributed by atoms with E-state index in [1.807, 2.05) is 0 Å². The molecule has 0 atom stereocenters. The van der Waals surface area contributed by atoms with Crippen molar-refractivity contribution in [1.29, 1.82) is 0 Å². The maximum absolute atomic E-state index is 12.5. The molecule has 1 fully saturated rings. The second-order valence-corrected chi connectivity index (χ2v) is 5.35. The summed E-state index contributed by atoms with van der Waals surface area (Å²) in [5.41, 5.74) is 5.10. The summed E-state index contributed by atoms with van der Waals surface area (Å²) in [6.45, 7) is 0. The van der Waals surface area contributed by atoms with E-state index < -0.39 is 11.7 Å². The molecule has 1 aromatic rings. The van der Waals surface area contributed by atoms with Crippen LogP contribution in [0.3, 0.4) is 0 Å². The van der Waals surface area contributed by atoms with Crippen LogP contribution in [0.5, 0.6) is 5.75 Å². The van der Waals surface area contributed by atoms with Crippen molar-refractivity contribution in [3.63, 3.8) is 0 Å². The standard InChI is InChI=1S/C11H11BrF3NO/c12-8-3-6(11(13,14)15)4-9(17)7(8)5-10(16)1-2-10/h3-4,17H,1-2,5,16H2. The summed E-state index contributed by atoms with van der Waals surface area (Å²) in [5.74, 6) is -0.358. The van der Waals surface area contributed by atoms with Crippen LogP contribution < -0.4 is 5.73 Å². The molecule has 3 N–H and O–H groups in total. The average molecular weight is 310 g/mol. The van der Waals surface area contributed by atoms with Gasteiger partial charge in [0.15, 0.2) is 0 Å². The van der Waals surface area contributed by atoms with Gasteiger partial charge in [-0.3, -0.25) is 0 Å². The Hall–Kier alpha value is -0.750. The third kappa shape index (κ3) is 2.74. The predicted molar refractivity (Wildman–Crippen MR) is 60.7 cm³/mol. The van der Waals surface area contributed by atoms with E-state index in [0.717, 1.165) is 25.0 Å². The topological polar surface area (TPSA) is 46.2 Å². The highest BCUT2D eigenvalue weighted by atomic mass is 79.9. The molecule has 0 aromatic heterocycles. The van der Waals surface area contributed by atoms with Crippen molar-refractivity contribution in [3.8, 4) is 5.75 Å². The van der Waals surface area contributed by atoms with Crippen molar-refractivity contribution in [1.82, 2.24) is 0 Å². The van der Waals surface area contributed by atoms with Crippen molar-refractivity contribution < 1.29 is 18.3 Å². The molecule has 94 valence electrons. The van der Waals surface area contributed by atoms with E-state index in [4.69, 9.17) is 5.73 Å². The molecule has 2 nitrogen and oxygen atoms in total. The van der Waals surface area contributed by atoms with Gasteiger partial charge in [-0.1, -0.05) is 15.9 Å². The van der Waals surface area contributed by atoms with E-state index in [2.05, 4.69) is 15.9 Å². The first kappa shape index (κ1) is 12.7. The highest BCUT2D eigenvalue weighted by Gasteiger charge is 2.40. The molecule has 17 heavy (non-hydrogen) atoms. The third-order valence-electron chi connectivity index (χ3n) is 2.92. The zero-order valence-corrected chi connectivity index (χ0v) is 10.4. The van der Waals surface area contributed by atoms with Gasteiger partial charge in [0, 0.05) is 15.6 Å². The van der Waals surface area contributed by atoms with Crippen molar-refractivity contribution in [3.05, 3.63) is 27.7 Å². The molecule has 0 saturated heterocycles. The Bertz CT molecular complexity index is 432. The molecule has 0 amide bonds. The van der Waals surface area contributed by atoms with Crippen molar-refractivity contribution in [2.24, 2.45) is 5.73 Å². The molecule has 1 aliphatic carbocycles. The van der Waals surface area contributed by atoms with Crippen LogP contribution in [0.25, 0.3) is 0 Å². The van der Waals surface area contributed by atoms with Gasteiger partial charge in [0.05, 0.1) is 5.56 Å². The number of halogens is 4. The summed E-state index contributed by atoms with van der Waals surface area (Å²) in [7, 11) is 0. The molecule has 0 unspecified atom stereocenters. The lowest BCUT2D eigenvalue weighted by molar-refractivity contribution is -0.137. The van der Waals surface area contributed by atoms with Crippen LogP contribution in [-0.2, 0) is 12.6 Å². The lowest BCUT2D eigenvalue weighted by Crippen LogP contribution is -2.24. The summed E-state index contributed by atoms with van der Waals surface area (Å²) in [6, 6.07) is 1.71. The minimum absolute atomic E-state index is 0.251. The Morgan fingerprint density at radius 1 is 1.35 bits per heavy atom. The molecule has 6 heteroatoms. The second-order valence-electron chi connectivity index (χ2n) is 4.49. The van der Waals surface area contributed by atoms with Crippen LogP contribution in [0.15, 0.2) is 16.6 Å². The fourth-order valence-corrected chi connectivity index (χ4v) is 2.24. The first-order valence-electron chi connectivity index (χ1n) is 5.09. The van der Waals surface area contributed by atoms with E-state index in [1.165, 1.54) is 0 Å². The van der Waals surface area contributed by atoms with Crippen LogP contribution in [0, 0.1) is 0 Å². The predicted octanol–water partition coefficient (Wildman–Crippen LogP) is 3.21. The summed E-state index contributed by atoms with van der Waals surface area (Å²) < 4.78 is 37.7. The number of aromatic hydroxyl groups is 1. The fraction of sp³-hybridized carbons (Fsp3) is 0.455. The smallest absolute Gasteiger partial charge is 0.416 e. The normalized spacial score (nSPS) is 18.2. The zero-order chi connectivity index (χ0) is 12.8. The van der Waals surface area contributed by atoms with Gasteiger partial charge in [-0.25, -0.2) is 0 Å². The number of phenols is 1. The average Bonchev–Trinajstić information content (AvgIpc) is 2.89. The number of hydrogen-bond acceptors (Lipinski definition) is 2. The Morgan fingerprint density at radius 2 is 1.94 bits per heavy atom. The van der Waals surface area contributed by atoms with Gasteiger partial charge in [0.25, 0.3) is 0 Å². The van der Waals surface area contributed by atoms with Crippen molar-refractivity contribution in [2.75, 3.05) is 0 Å². The fourth-order valence-electron chi connectivity index (χ4n) is 1.65. The SMILES string of the molecule is NC1(Cc2c(O)cc(C(F)(F)F)cc2Br)CC1. The molecule has 0 heterocycles. The van der Waals surface area contributed by atoms with Gasteiger partial charge in [0.1, 0.15) is 5.75 Å². The molecule has 0 aliphatic heterocycles. The second kappa shape index (κ2) is 3.88. The molecular formula is C11H11BrF3NO. The van der Waals surface area contributed by atoms with Crippen LogP contribution in [0.2, 0.25) is 0 Å². The Morgan fingerprint density at radius 3 is 2.35 bits per heavy atom. The quantitative estimate of drug-likeness (QED) is 0.881. The molecule has 1 aromatic carbocycles. The molecule has 0 bridgehead atoms. The number of hydrogen-bond donors (Lipinski definition) is 2. The molecular weight excluding hydrogens is 299 g/mol. The van der Waals surface area contributed by atoms with Gasteiger partial charge in [-0.05, 0) is 31.4 Å². The summed E-state index contributed by atoms with van der Waals surface area (Å²) in [4.78, 5) is 0. The highest BCUT2D eigenvalue weighted by Crippen LogP contribution is 2.42. The molecule has 1 aliphatic rings. The summed E-state index contributed by atoms with van der Waals surface area (Å²) in [6.07, 6.45) is -2.41. The van der Waals surface area contributed by atoms with Gasteiger partial charge in [0.2, 0.25) is 0 Å². The van der Waals surface area contributed by atoms with Gasteiger partial charge < -0.3 is 10.8 Å². The van der Waals surface area contributed by atoms with Crippen LogP contribution >= 0.6 is 15.9 Å². The molecule has 1 saturated carbocycles. The van der Waals surface area contributed by atoms with Crippen molar-refractivity contribution in [2.45, 2.75) is 31.0 Å². The van der Waals surface area contributed by atoms with E-state index in [-0.39, 0.29) is 15.8 Å². The number of alkyl halides is 3. The maximum atomic E-state index is 12.5. The van der Waals surface area contributed by atoms with E-state index in [0.29, 0.717) is 12.0 Å². The van der Waals surface area contributed by atoms with Gasteiger partial charge >= 0.3 is 6.18 Å². The Labute approximate surface area is 105 Å². The first-order valence-corrected chi connectivity index (χ1v) is 5.88. The zero-order valence-electron chi connectivity index (χ0n) is 8.81. The minimum atomic E-state index is -4.46. The van der Waals surface area contributed by atoms with Gasteiger partial charge in [-0.2, -0.15) is 13.2 Å².